The Morgan fingerprint density at radius 1 is 1.18 bits per heavy atom. The molecular formula is C13H19Cl2NO. The molecule has 17 heavy (non-hydrogen) atoms. The minimum atomic E-state index is 0.237. The van der Waals surface area contributed by atoms with Crippen molar-refractivity contribution < 1.29 is 4.74 Å². The van der Waals surface area contributed by atoms with E-state index < -0.39 is 0 Å². The van der Waals surface area contributed by atoms with Gasteiger partial charge in [-0.2, -0.15) is 0 Å². The molecule has 0 radical (unpaired) electrons. The zero-order chi connectivity index (χ0) is 12.8. The largest absolute Gasteiger partial charge is 0.377 e. The number of ether oxygens (including phenoxy) is 1. The summed E-state index contributed by atoms with van der Waals surface area (Å²) in [5.41, 5.74) is 1.13. The van der Waals surface area contributed by atoms with Gasteiger partial charge in [0.1, 0.15) is 0 Å². The zero-order valence-corrected chi connectivity index (χ0v) is 12.0. The third kappa shape index (κ3) is 5.26. The second kappa shape index (κ2) is 7.22. The predicted molar refractivity (Wildman–Crippen MR) is 74.0 cm³/mol. The molecule has 0 saturated heterocycles. The molecule has 0 spiro atoms. The molecule has 0 heterocycles. The van der Waals surface area contributed by atoms with Gasteiger partial charge in [-0.1, -0.05) is 29.3 Å². The number of halogens is 2. The Kier molecular flexibility index (Phi) is 6.28. The lowest BCUT2D eigenvalue weighted by atomic mass is 10.1. The van der Waals surface area contributed by atoms with Gasteiger partial charge in [0.05, 0.1) is 22.8 Å². The SMILES string of the molecule is CC(C)OCCNC(C)c1ccc(Cl)c(Cl)c1. The first-order valence-corrected chi connectivity index (χ1v) is 6.56. The van der Waals surface area contributed by atoms with Gasteiger partial charge >= 0.3 is 0 Å². The first kappa shape index (κ1) is 14.8. The van der Waals surface area contributed by atoms with Crippen molar-refractivity contribution in [2.24, 2.45) is 0 Å². The lowest BCUT2D eigenvalue weighted by Gasteiger charge is -2.15. The average molecular weight is 276 g/mol. The molecule has 0 amide bonds. The van der Waals surface area contributed by atoms with Crippen LogP contribution in [-0.2, 0) is 4.74 Å². The van der Waals surface area contributed by atoms with Crippen molar-refractivity contribution in [1.29, 1.82) is 0 Å². The molecule has 1 aromatic carbocycles. The fourth-order valence-corrected chi connectivity index (χ4v) is 1.78. The molecule has 0 aromatic heterocycles. The fraction of sp³-hybridized carbons (Fsp3) is 0.538. The fourth-order valence-electron chi connectivity index (χ4n) is 1.47. The van der Waals surface area contributed by atoms with Crippen LogP contribution in [0, 0.1) is 0 Å². The van der Waals surface area contributed by atoms with E-state index in [4.69, 9.17) is 27.9 Å². The lowest BCUT2D eigenvalue weighted by molar-refractivity contribution is 0.0796. The van der Waals surface area contributed by atoms with Crippen molar-refractivity contribution in [3.05, 3.63) is 33.8 Å². The van der Waals surface area contributed by atoms with E-state index >= 15 is 0 Å². The van der Waals surface area contributed by atoms with Crippen LogP contribution in [0.4, 0.5) is 0 Å². The average Bonchev–Trinajstić information content (AvgIpc) is 2.27. The summed E-state index contributed by atoms with van der Waals surface area (Å²) < 4.78 is 5.46. The number of hydrogen-bond acceptors (Lipinski definition) is 2. The highest BCUT2D eigenvalue weighted by atomic mass is 35.5. The Morgan fingerprint density at radius 3 is 2.47 bits per heavy atom. The van der Waals surface area contributed by atoms with E-state index in [0.717, 1.165) is 12.1 Å². The molecule has 1 unspecified atom stereocenters. The van der Waals surface area contributed by atoms with Gasteiger partial charge in [-0.25, -0.2) is 0 Å². The molecule has 1 N–H and O–H groups in total. The summed E-state index contributed by atoms with van der Waals surface area (Å²) in [7, 11) is 0. The van der Waals surface area contributed by atoms with Crippen LogP contribution in [0.25, 0.3) is 0 Å². The molecule has 4 heteroatoms. The standard InChI is InChI=1S/C13H19Cl2NO/c1-9(2)17-7-6-16-10(3)11-4-5-12(14)13(15)8-11/h4-5,8-10,16H,6-7H2,1-3H3. The highest BCUT2D eigenvalue weighted by Crippen LogP contribution is 2.25. The number of benzene rings is 1. The highest BCUT2D eigenvalue weighted by Gasteiger charge is 2.06. The summed E-state index contributed by atoms with van der Waals surface area (Å²) in [5.74, 6) is 0. The van der Waals surface area contributed by atoms with Gasteiger partial charge in [0.15, 0.2) is 0 Å². The van der Waals surface area contributed by atoms with E-state index in [0.29, 0.717) is 16.7 Å². The molecule has 0 fully saturated rings. The molecule has 0 aliphatic rings. The Morgan fingerprint density at radius 2 is 1.88 bits per heavy atom. The van der Waals surface area contributed by atoms with E-state index in [-0.39, 0.29) is 12.1 Å². The maximum Gasteiger partial charge on any atom is 0.0595 e. The maximum atomic E-state index is 5.98. The second-order valence-electron chi connectivity index (χ2n) is 4.27. The van der Waals surface area contributed by atoms with Crippen LogP contribution in [0.15, 0.2) is 18.2 Å². The third-order valence-corrected chi connectivity index (χ3v) is 3.19. The van der Waals surface area contributed by atoms with Gasteiger partial charge in [0.2, 0.25) is 0 Å². The predicted octanol–water partition coefficient (Wildman–Crippen LogP) is 4.07. The monoisotopic (exact) mass is 275 g/mol. The van der Waals surface area contributed by atoms with E-state index in [1.165, 1.54) is 0 Å². The van der Waals surface area contributed by atoms with Crippen LogP contribution in [0.1, 0.15) is 32.4 Å². The van der Waals surface area contributed by atoms with Crippen molar-refractivity contribution in [3.8, 4) is 0 Å². The maximum absolute atomic E-state index is 5.98. The van der Waals surface area contributed by atoms with Gasteiger partial charge < -0.3 is 10.1 Å². The zero-order valence-electron chi connectivity index (χ0n) is 10.5. The number of hydrogen-bond donors (Lipinski definition) is 1. The molecule has 0 bridgehead atoms. The van der Waals surface area contributed by atoms with Crippen LogP contribution in [0.2, 0.25) is 10.0 Å². The van der Waals surface area contributed by atoms with Crippen molar-refractivity contribution >= 4 is 23.2 Å². The summed E-state index contributed by atoms with van der Waals surface area (Å²) in [5, 5.41) is 4.56. The Hall–Kier alpha value is -0.280. The normalized spacial score (nSPS) is 13.1. The van der Waals surface area contributed by atoms with Crippen LogP contribution >= 0.6 is 23.2 Å². The van der Waals surface area contributed by atoms with E-state index in [9.17, 15) is 0 Å². The molecule has 96 valence electrons. The molecule has 1 aromatic rings. The molecule has 2 nitrogen and oxygen atoms in total. The van der Waals surface area contributed by atoms with Crippen molar-refractivity contribution in [3.63, 3.8) is 0 Å². The van der Waals surface area contributed by atoms with Crippen molar-refractivity contribution in [2.75, 3.05) is 13.2 Å². The van der Waals surface area contributed by atoms with E-state index in [2.05, 4.69) is 12.2 Å². The molecule has 0 saturated carbocycles. The lowest BCUT2D eigenvalue weighted by Crippen LogP contribution is -2.24. The minimum Gasteiger partial charge on any atom is -0.377 e. The Labute approximate surface area is 113 Å². The topological polar surface area (TPSA) is 21.3 Å². The number of nitrogens with one attached hydrogen (secondary N) is 1. The van der Waals surface area contributed by atoms with Gasteiger partial charge in [-0.05, 0) is 38.5 Å². The Bertz CT molecular complexity index is 355. The highest BCUT2D eigenvalue weighted by molar-refractivity contribution is 6.42. The number of rotatable bonds is 6. The van der Waals surface area contributed by atoms with Crippen LogP contribution in [0.5, 0.6) is 0 Å². The van der Waals surface area contributed by atoms with Gasteiger partial charge in [0.25, 0.3) is 0 Å². The third-order valence-electron chi connectivity index (χ3n) is 2.45. The van der Waals surface area contributed by atoms with Gasteiger partial charge in [-0.3, -0.25) is 0 Å². The molecule has 1 atom stereocenters. The summed E-state index contributed by atoms with van der Waals surface area (Å²) in [6.07, 6.45) is 0.275. The van der Waals surface area contributed by atoms with E-state index in [1.54, 1.807) is 0 Å². The molecule has 1 rings (SSSR count). The summed E-state index contributed by atoms with van der Waals surface area (Å²) in [6.45, 7) is 7.68. The van der Waals surface area contributed by atoms with Crippen molar-refractivity contribution in [1.82, 2.24) is 5.32 Å². The molecular weight excluding hydrogens is 257 g/mol. The summed E-state index contributed by atoms with van der Waals surface area (Å²) in [6, 6.07) is 5.93. The smallest absolute Gasteiger partial charge is 0.0595 e. The van der Waals surface area contributed by atoms with Crippen molar-refractivity contribution in [2.45, 2.75) is 32.9 Å². The van der Waals surface area contributed by atoms with Crippen LogP contribution in [0.3, 0.4) is 0 Å². The van der Waals surface area contributed by atoms with E-state index in [1.807, 2.05) is 32.0 Å². The Balaban J connectivity index is 2.41. The van der Waals surface area contributed by atoms with Gasteiger partial charge in [0, 0.05) is 12.6 Å². The first-order chi connectivity index (χ1) is 8.00. The first-order valence-electron chi connectivity index (χ1n) is 5.80. The van der Waals surface area contributed by atoms with Gasteiger partial charge in [-0.15, -0.1) is 0 Å². The quantitative estimate of drug-likeness (QED) is 0.791. The minimum absolute atomic E-state index is 0.237. The molecule has 0 aliphatic carbocycles. The summed E-state index contributed by atoms with van der Waals surface area (Å²) in [4.78, 5) is 0. The second-order valence-corrected chi connectivity index (χ2v) is 5.08. The molecule has 0 aliphatic heterocycles. The van der Waals surface area contributed by atoms with Crippen LogP contribution < -0.4 is 5.32 Å². The van der Waals surface area contributed by atoms with Crippen LogP contribution in [-0.4, -0.2) is 19.3 Å². The summed E-state index contributed by atoms with van der Waals surface area (Å²) >= 11 is 11.9.